The maximum absolute atomic E-state index is 5.04. The monoisotopic (exact) mass is 214 g/mol. The maximum atomic E-state index is 5.04. The molecule has 0 aliphatic carbocycles. The van der Waals surface area contributed by atoms with E-state index < -0.39 is 0 Å². The van der Waals surface area contributed by atoms with E-state index >= 15 is 0 Å². The van der Waals surface area contributed by atoms with Gasteiger partial charge in [-0.25, -0.2) is 0 Å². The zero-order valence-electron chi connectivity index (χ0n) is 7.72. The van der Waals surface area contributed by atoms with Gasteiger partial charge in [0.25, 0.3) is 0 Å². The molecule has 1 rings (SSSR count). The second kappa shape index (κ2) is 5.42. The summed E-state index contributed by atoms with van der Waals surface area (Å²) in [5.41, 5.74) is 1.05. The van der Waals surface area contributed by atoms with Crippen LogP contribution in [0.25, 0.3) is 0 Å². The average molecular weight is 214 g/mol. The minimum Gasteiger partial charge on any atom is -0.384 e. The first kappa shape index (κ1) is 10.8. The number of anilines is 1. The van der Waals surface area contributed by atoms with Crippen LogP contribution in [0.15, 0.2) is 6.07 Å². The molecule has 0 saturated heterocycles. The van der Waals surface area contributed by atoms with Gasteiger partial charge in [0.15, 0.2) is 0 Å². The molecule has 0 atom stereocenters. The van der Waals surface area contributed by atoms with E-state index in [2.05, 4.69) is 10.6 Å². The third kappa shape index (κ3) is 3.14. The zero-order valence-corrected chi connectivity index (χ0v) is 9.36. The normalized spacial score (nSPS) is 10.5. The summed E-state index contributed by atoms with van der Waals surface area (Å²) in [5, 5.41) is 6.37. The molecule has 0 heterocycles. The molecular weight excluding hydrogens is 200 g/mol. The van der Waals surface area contributed by atoms with Crippen LogP contribution in [0.5, 0.6) is 0 Å². The maximum Gasteiger partial charge on any atom is 0.0790 e. The zero-order chi connectivity index (χ0) is 9.68. The molecule has 0 aromatic heterocycles. The molecule has 0 spiro atoms. The van der Waals surface area contributed by atoms with Gasteiger partial charge < -0.3 is 10.6 Å². The predicted octanol–water partition coefficient (Wildman–Crippen LogP) is 2.43. The third-order valence-electron chi connectivity index (χ3n) is 1.91. The predicted molar refractivity (Wildman–Crippen MR) is 62.1 cm³/mol. The smallest absolute Gasteiger partial charge is 0.0790 e. The lowest BCUT2D eigenvalue weighted by molar-refractivity contribution is 0.694. The van der Waals surface area contributed by atoms with Gasteiger partial charge in [0.05, 0.1) is 14.7 Å². The number of unbranched alkanes of at least 4 members (excludes halogenated alkanes) is 1. The van der Waals surface area contributed by atoms with Gasteiger partial charge in [-0.15, -0.1) is 0 Å². The summed E-state index contributed by atoms with van der Waals surface area (Å²) in [4.78, 5) is 0. The summed E-state index contributed by atoms with van der Waals surface area (Å²) in [6.45, 7) is 2.06. The van der Waals surface area contributed by atoms with Crippen molar-refractivity contribution in [2.45, 2.75) is 12.8 Å². The molecule has 1 aromatic rings. The Morgan fingerprint density at radius 2 is 1.92 bits per heavy atom. The van der Waals surface area contributed by atoms with Gasteiger partial charge in [0, 0.05) is 6.54 Å². The van der Waals surface area contributed by atoms with Gasteiger partial charge in [0.1, 0.15) is 0 Å². The van der Waals surface area contributed by atoms with Crippen LogP contribution in [0.1, 0.15) is 12.8 Å². The highest BCUT2D eigenvalue weighted by molar-refractivity contribution is 7.74. The van der Waals surface area contributed by atoms with Crippen molar-refractivity contribution in [3.8, 4) is 0 Å². The van der Waals surface area contributed by atoms with Crippen molar-refractivity contribution in [2.75, 3.05) is 25.5 Å². The van der Waals surface area contributed by atoms with Crippen LogP contribution in [0, 0.1) is 9.02 Å². The Bertz CT molecular complexity index is 326. The van der Waals surface area contributed by atoms with Crippen molar-refractivity contribution in [2.24, 2.45) is 0 Å². The standard InChI is InChI=1S/C9H14N2S2/c1-10-4-2-3-5-11-7-6-8(12)9(7)13/h6,10-11H,2-5H2,1H3. The third-order valence-corrected chi connectivity index (χ3v) is 2.80. The first-order valence-electron chi connectivity index (χ1n) is 4.44. The van der Waals surface area contributed by atoms with Gasteiger partial charge in [-0.2, -0.15) is 0 Å². The largest absolute Gasteiger partial charge is 0.384 e. The fourth-order valence-electron chi connectivity index (χ4n) is 1.10. The highest BCUT2D eigenvalue weighted by atomic mass is 32.1. The first-order chi connectivity index (χ1) is 6.25. The van der Waals surface area contributed by atoms with Crippen LogP contribution in [-0.2, 0) is 0 Å². The number of rotatable bonds is 6. The van der Waals surface area contributed by atoms with Gasteiger partial charge >= 0.3 is 0 Å². The molecule has 72 valence electrons. The van der Waals surface area contributed by atoms with Gasteiger partial charge in [0.2, 0.25) is 0 Å². The molecule has 13 heavy (non-hydrogen) atoms. The van der Waals surface area contributed by atoms with E-state index in [0.717, 1.165) is 34.2 Å². The Morgan fingerprint density at radius 3 is 2.46 bits per heavy atom. The fourth-order valence-corrected chi connectivity index (χ4v) is 1.52. The molecule has 1 aromatic carbocycles. The van der Waals surface area contributed by atoms with Crippen LogP contribution in [0.4, 0.5) is 5.69 Å². The van der Waals surface area contributed by atoms with E-state index in [4.69, 9.17) is 24.4 Å². The summed E-state index contributed by atoms with van der Waals surface area (Å²) in [7, 11) is 1.97. The molecule has 0 saturated carbocycles. The number of hydrogen-bond donors (Lipinski definition) is 2. The van der Waals surface area contributed by atoms with Crippen molar-refractivity contribution >= 4 is 30.1 Å². The molecule has 2 N–H and O–H groups in total. The quantitative estimate of drug-likeness (QED) is 0.561. The summed E-state index contributed by atoms with van der Waals surface area (Å²) < 4.78 is 1.64. The second-order valence-corrected chi connectivity index (χ2v) is 3.84. The van der Waals surface area contributed by atoms with Crippen molar-refractivity contribution in [1.82, 2.24) is 5.32 Å². The molecular formula is C9H14N2S2. The topological polar surface area (TPSA) is 24.1 Å². The highest BCUT2D eigenvalue weighted by Crippen LogP contribution is 2.16. The molecule has 0 amide bonds. The fraction of sp³-hybridized carbons (Fsp3) is 0.556. The first-order valence-corrected chi connectivity index (χ1v) is 5.26. The van der Waals surface area contributed by atoms with E-state index in [9.17, 15) is 0 Å². The molecule has 0 radical (unpaired) electrons. The average Bonchev–Trinajstić information content (AvgIpc) is 2.15. The van der Waals surface area contributed by atoms with E-state index in [1.54, 1.807) is 0 Å². The SMILES string of the molecule is CNCCCCNc1cc(=S)c1=S. The molecule has 0 bridgehead atoms. The van der Waals surface area contributed by atoms with E-state index in [0.29, 0.717) is 0 Å². The van der Waals surface area contributed by atoms with Gasteiger partial charge in [-0.05, 0) is 32.5 Å². The molecule has 2 nitrogen and oxygen atoms in total. The van der Waals surface area contributed by atoms with Crippen molar-refractivity contribution in [1.29, 1.82) is 0 Å². The lowest BCUT2D eigenvalue weighted by atomic mass is 10.2. The van der Waals surface area contributed by atoms with Crippen LogP contribution in [0.3, 0.4) is 0 Å². The van der Waals surface area contributed by atoms with Crippen LogP contribution < -0.4 is 10.6 Å². The number of nitrogens with one attached hydrogen (secondary N) is 2. The summed E-state index contributed by atoms with van der Waals surface area (Å²) >= 11 is 9.98. The van der Waals surface area contributed by atoms with E-state index in [-0.39, 0.29) is 0 Å². The van der Waals surface area contributed by atoms with Crippen LogP contribution in [0.2, 0.25) is 0 Å². The van der Waals surface area contributed by atoms with Crippen molar-refractivity contribution in [3.63, 3.8) is 0 Å². The molecule has 4 heteroatoms. The van der Waals surface area contributed by atoms with Crippen molar-refractivity contribution < 1.29 is 0 Å². The molecule has 0 unspecified atom stereocenters. The molecule has 0 fully saturated rings. The van der Waals surface area contributed by atoms with Gasteiger partial charge in [-0.3, -0.25) is 0 Å². The minimum atomic E-state index is 0.813. The molecule has 0 aliphatic heterocycles. The van der Waals surface area contributed by atoms with E-state index in [1.807, 2.05) is 13.1 Å². The van der Waals surface area contributed by atoms with Crippen LogP contribution in [-0.4, -0.2) is 20.1 Å². The van der Waals surface area contributed by atoms with Gasteiger partial charge in [-0.1, -0.05) is 24.4 Å². The Labute approximate surface area is 89.1 Å². The highest BCUT2D eigenvalue weighted by Gasteiger charge is 2.00. The minimum absolute atomic E-state index is 0.813. The summed E-state index contributed by atoms with van der Waals surface area (Å²) in [6, 6.07) is 1.93. The Morgan fingerprint density at radius 1 is 1.23 bits per heavy atom. The Hall–Kier alpha value is -0.320. The number of hydrogen-bond acceptors (Lipinski definition) is 4. The lowest BCUT2D eigenvalue weighted by Crippen LogP contribution is -2.10. The lowest BCUT2D eigenvalue weighted by Gasteiger charge is -2.08. The Kier molecular flexibility index (Phi) is 4.48. The second-order valence-electron chi connectivity index (χ2n) is 2.99. The van der Waals surface area contributed by atoms with Crippen LogP contribution >= 0.6 is 24.4 Å². The molecule has 0 aliphatic rings. The summed E-state index contributed by atoms with van der Waals surface area (Å²) in [6.07, 6.45) is 2.35. The van der Waals surface area contributed by atoms with Crippen molar-refractivity contribution in [3.05, 3.63) is 15.1 Å². The van der Waals surface area contributed by atoms with E-state index in [1.165, 1.54) is 6.42 Å². The Balaban J connectivity index is 2.12. The summed E-state index contributed by atoms with van der Waals surface area (Å²) in [5.74, 6) is 0.